The number of benzene rings is 1. The van der Waals surface area contributed by atoms with Gasteiger partial charge in [-0.05, 0) is 23.8 Å². The van der Waals surface area contributed by atoms with Crippen molar-refractivity contribution in [1.29, 1.82) is 0 Å². The molecule has 0 saturated carbocycles. The van der Waals surface area contributed by atoms with E-state index < -0.39 is 0 Å². The fraction of sp³-hybridized carbons (Fsp3) is 0.167. The first-order valence-electron chi connectivity index (χ1n) is 4.61. The standard InChI is InChI=1S/C12H9BrO/c13-10-6-7-12(11(8-10)14-12)9-4-2-1-3-5-9/h1-8,11H. The highest BCUT2D eigenvalue weighted by molar-refractivity contribution is 9.11. The van der Waals surface area contributed by atoms with Gasteiger partial charge in [0, 0.05) is 4.48 Å². The second-order valence-electron chi connectivity index (χ2n) is 3.58. The number of hydrogen-bond donors (Lipinski definition) is 0. The third-order valence-corrected chi connectivity index (χ3v) is 3.24. The van der Waals surface area contributed by atoms with E-state index in [2.05, 4.69) is 46.3 Å². The van der Waals surface area contributed by atoms with Crippen LogP contribution in [0.4, 0.5) is 0 Å². The van der Waals surface area contributed by atoms with Gasteiger partial charge in [0.05, 0.1) is 0 Å². The molecule has 0 amide bonds. The van der Waals surface area contributed by atoms with Crippen molar-refractivity contribution < 1.29 is 4.74 Å². The Morgan fingerprint density at radius 2 is 2.00 bits per heavy atom. The van der Waals surface area contributed by atoms with Crippen LogP contribution in [0.15, 0.2) is 53.0 Å². The molecule has 1 aromatic rings. The van der Waals surface area contributed by atoms with Crippen molar-refractivity contribution in [3.8, 4) is 0 Å². The molecule has 0 radical (unpaired) electrons. The van der Waals surface area contributed by atoms with Crippen molar-refractivity contribution in [2.75, 3.05) is 0 Å². The minimum atomic E-state index is -0.168. The zero-order chi connectivity index (χ0) is 9.60. The number of hydrogen-bond acceptors (Lipinski definition) is 1. The van der Waals surface area contributed by atoms with Crippen molar-refractivity contribution in [3.63, 3.8) is 0 Å². The van der Waals surface area contributed by atoms with Gasteiger partial charge < -0.3 is 4.74 Å². The first-order chi connectivity index (χ1) is 6.81. The Balaban J connectivity index is 2.01. The predicted octanol–water partition coefficient (Wildman–Crippen LogP) is 3.13. The average Bonchev–Trinajstić information content (AvgIpc) is 2.94. The zero-order valence-corrected chi connectivity index (χ0v) is 9.07. The summed E-state index contributed by atoms with van der Waals surface area (Å²) in [5.74, 6) is 0. The van der Waals surface area contributed by atoms with E-state index in [0.717, 1.165) is 4.48 Å². The predicted molar refractivity (Wildman–Crippen MR) is 59.1 cm³/mol. The van der Waals surface area contributed by atoms with Gasteiger partial charge in [0.2, 0.25) is 0 Å². The summed E-state index contributed by atoms with van der Waals surface area (Å²) in [5.41, 5.74) is 1.07. The minimum absolute atomic E-state index is 0.168. The Bertz CT molecular complexity index is 421. The number of rotatable bonds is 1. The molecular formula is C12H9BrO. The second kappa shape index (κ2) is 2.81. The van der Waals surface area contributed by atoms with E-state index in [1.807, 2.05) is 18.2 Å². The van der Waals surface area contributed by atoms with Crippen LogP contribution in [0.5, 0.6) is 0 Å². The topological polar surface area (TPSA) is 12.5 Å². The van der Waals surface area contributed by atoms with Crippen molar-refractivity contribution in [3.05, 3.63) is 58.6 Å². The molecule has 0 aromatic heterocycles. The fourth-order valence-corrected chi connectivity index (χ4v) is 2.27. The summed E-state index contributed by atoms with van der Waals surface area (Å²) >= 11 is 3.45. The molecule has 1 heterocycles. The molecule has 2 aliphatic rings. The Kier molecular flexibility index (Phi) is 1.70. The molecule has 2 unspecified atom stereocenters. The lowest BCUT2D eigenvalue weighted by Crippen LogP contribution is -2.10. The van der Waals surface area contributed by atoms with Crippen LogP contribution in [0.3, 0.4) is 0 Å². The molecule has 3 rings (SSSR count). The maximum atomic E-state index is 5.73. The van der Waals surface area contributed by atoms with E-state index in [9.17, 15) is 0 Å². The molecule has 1 aliphatic heterocycles. The first-order valence-corrected chi connectivity index (χ1v) is 5.40. The van der Waals surface area contributed by atoms with Crippen LogP contribution < -0.4 is 0 Å². The lowest BCUT2D eigenvalue weighted by Gasteiger charge is -2.09. The van der Waals surface area contributed by atoms with Crippen molar-refractivity contribution in [2.24, 2.45) is 0 Å². The molecule has 0 N–H and O–H groups in total. The van der Waals surface area contributed by atoms with Crippen molar-refractivity contribution >= 4 is 15.9 Å². The summed E-state index contributed by atoms with van der Waals surface area (Å²) in [6, 6.07) is 10.3. The van der Waals surface area contributed by atoms with Gasteiger partial charge in [-0.15, -0.1) is 0 Å². The van der Waals surface area contributed by atoms with Gasteiger partial charge in [-0.2, -0.15) is 0 Å². The number of epoxide rings is 1. The Hall–Kier alpha value is -0.860. The molecule has 0 spiro atoms. The first kappa shape index (κ1) is 8.45. The van der Waals surface area contributed by atoms with Gasteiger partial charge in [0.25, 0.3) is 0 Å². The molecule has 2 heteroatoms. The summed E-state index contributed by atoms with van der Waals surface area (Å²) in [5, 5.41) is 0. The Morgan fingerprint density at radius 1 is 1.21 bits per heavy atom. The van der Waals surface area contributed by atoms with Gasteiger partial charge in [-0.25, -0.2) is 0 Å². The normalized spacial score (nSPS) is 33.5. The minimum Gasteiger partial charge on any atom is -0.352 e. The molecule has 14 heavy (non-hydrogen) atoms. The summed E-state index contributed by atoms with van der Waals surface area (Å²) in [6.45, 7) is 0. The largest absolute Gasteiger partial charge is 0.352 e. The summed E-state index contributed by atoms with van der Waals surface area (Å²) in [6.07, 6.45) is 6.49. The molecule has 1 fully saturated rings. The van der Waals surface area contributed by atoms with E-state index >= 15 is 0 Å². The lowest BCUT2D eigenvalue weighted by atomic mass is 9.92. The highest BCUT2D eigenvalue weighted by atomic mass is 79.9. The Morgan fingerprint density at radius 3 is 2.71 bits per heavy atom. The van der Waals surface area contributed by atoms with E-state index in [1.54, 1.807) is 0 Å². The number of ether oxygens (including phenoxy) is 1. The maximum Gasteiger partial charge on any atom is 0.142 e. The number of halogens is 1. The molecule has 1 saturated heterocycles. The Labute approximate surface area is 91.2 Å². The fourth-order valence-electron chi connectivity index (χ4n) is 1.90. The van der Waals surface area contributed by atoms with Crippen LogP contribution in [0.25, 0.3) is 0 Å². The third kappa shape index (κ3) is 1.11. The molecule has 1 aliphatic carbocycles. The van der Waals surface area contributed by atoms with Crippen LogP contribution >= 0.6 is 15.9 Å². The van der Waals surface area contributed by atoms with Crippen LogP contribution in [0.2, 0.25) is 0 Å². The summed E-state index contributed by atoms with van der Waals surface area (Å²) in [7, 11) is 0. The SMILES string of the molecule is BrC1=CC2OC2(c2ccccc2)C=C1. The third-order valence-electron chi connectivity index (χ3n) is 2.71. The summed E-state index contributed by atoms with van der Waals surface area (Å²) in [4.78, 5) is 0. The monoisotopic (exact) mass is 248 g/mol. The molecule has 0 bridgehead atoms. The highest BCUT2D eigenvalue weighted by Gasteiger charge is 2.55. The quantitative estimate of drug-likeness (QED) is 0.696. The van der Waals surface area contributed by atoms with Crippen LogP contribution in [-0.2, 0) is 10.3 Å². The zero-order valence-electron chi connectivity index (χ0n) is 7.48. The molecule has 1 aromatic carbocycles. The van der Waals surface area contributed by atoms with Crippen molar-refractivity contribution in [1.82, 2.24) is 0 Å². The molecule has 70 valence electrons. The second-order valence-corrected chi connectivity index (χ2v) is 4.50. The van der Waals surface area contributed by atoms with Crippen LogP contribution in [0.1, 0.15) is 5.56 Å². The van der Waals surface area contributed by atoms with E-state index in [1.165, 1.54) is 5.56 Å². The number of fused-ring (bicyclic) bond motifs is 1. The van der Waals surface area contributed by atoms with Crippen LogP contribution in [-0.4, -0.2) is 6.10 Å². The van der Waals surface area contributed by atoms with E-state index in [4.69, 9.17) is 4.74 Å². The van der Waals surface area contributed by atoms with E-state index in [-0.39, 0.29) is 11.7 Å². The molecule has 2 atom stereocenters. The van der Waals surface area contributed by atoms with Gasteiger partial charge in [-0.1, -0.05) is 46.3 Å². The van der Waals surface area contributed by atoms with Gasteiger partial charge >= 0.3 is 0 Å². The maximum absolute atomic E-state index is 5.73. The number of allylic oxidation sites excluding steroid dienone is 2. The smallest absolute Gasteiger partial charge is 0.142 e. The van der Waals surface area contributed by atoms with Crippen LogP contribution in [0, 0.1) is 0 Å². The molecule has 1 nitrogen and oxygen atoms in total. The van der Waals surface area contributed by atoms with Crippen molar-refractivity contribution in [2.45, 2.75) is 11.7 Å². The van der Waals surface area contributed by atoms with E-state index in [0.29, 0.717) is 0 Å². The van der Waals surface area contributed by atoms with Gasteiger partial charge in [-0.3, -0.25) is 0 Å². The van der Waals surface area contributed by atoms with Gasteiger partial charge in [0.1, 0.15) is 11.7 Å². The average molecular weight is 249 g/mol. The lowest BCUT2D eigenvalue weighted by molar-refractivity contribution is 0.346. The highest BCUT2D eigenvalue weighted by Crippen LogP contribution is 2.51. The summed E-state index contributed by atoms with van der Waals surface area (Å²) < 4.78 is 6.83. The molecular weight excluding hydrogens is 240 g/mol. The van der Waals surface area contributed by atoms with Gasteiger partial charge in [0.15, 0.2) is 0 Å².